The summed E-state index contributed by atoms with van der Waals surface area (Å²) in [5, 5.41) is 3.15. The first-order valence-electron chi connectivity index (χ1n) is 8.30. The van der Waals surface area contributed by atoms with Gasteiger partial charge in [-0.15, -0.1) is 0 Å². The highest BCUT2D eigenvalue weighted by atomic mass is 16.2. The number of carbonyl (C=O) groups excluding carboxylic acids is 2. The van der Waals surface area contributed by atoms with Gasteiger partial charge in [0.25, 0.3) is 0 Å². The molecule has 3 N–H and O–H groups in total. The summed E-state index contributed by atoms with van der Waals surface area (Å²) in [5.74, 6) is 0.271. The predicted molar refractivity (Wildman–Crippen MR) is 82.6 cm³/mol. The summed E-state index contributed by atoms with van der Waals surface area (Å²) in [7, 11) is 0. The Labute approximate surface area is 127 Å². The number of amides is 2. The van der Waals surface area contributed by atoms with Gasteiger partial charge < -0.3 is 16.0 Å². The monoisotopic (exact) mass is 295 g/mol. The summed E-state index contributed by atoms with van der Waals surface area (Å²) in [4.78, 5) is 25.5. The second-order valence-electron chi connectivity index (χ2n) is 6.79. The quantitative estimate of drug-likeness (QED) is 0.823. The average molecular weight is 295 g/mol. The van der Waals surface area contributed by atoms with E-state index in [9.17, 15) is 9.59 Å². The second-order valence-corrected chi connectivity index (χ2v) is 6.79. The zero-order valence-electron chi connectivity index (χ0n) is 13.2. The molecule has 0 aromatic heterocycles. The molecule has 1 heterocycles. The van der Waals surface area contributed by atoms with E-state index in [4.69, 9.17) is 5.73 Å². The highest BCUT2D eigenvalue weighted by Crippen LogP contribution is 2.38. The lowest BCUT2D eigenvalue weighted by Gasteiger charge is -2.37. The predicted octanol–water partition coefficient (Wildman–Crippen LogP) is 1.41. The van der Waals surface area contributed by atoms with E-state index in [0.29, 0.717) is 13.0 Å². The Morgan fingerprint density at radius 2 is 1.81 bits per heavy atom. The minimum Gasteiger partial charge on any atom is -0.353 e. The number of hydrogen-bond donors (Lipinski definition) is 2. The minimum absolute atomic E-state index is 0.0302. The molecule has 0 aromatic carbocycles. The molecule has 0 spiro atoms. The number of likely N-dealkylation sites (tertiary alicyclic amines) is 1. The Hall–Kier alpha value is -1.10. The third-order valence-electron chi connectivity index (χ3n) is 5.19. The van der Waals surface area contributed by atoms with Gasteiger partial charge in [-0.1, -0.05) is 19.3 Å². The summed E-state index contributed by atoms with van der Waals surface area (Å²) in [6.45, 7) is 3.72. The maximum absolute atomic E-state index is 12.3. The van der Waals surface area contributed by atoms with E-state index in [0.717, 1.165) is 38.8 Å². The van der Waals surface area contributed by atoms with Gasteiger partial charge in [0, 0.05) is 32.5 Å². The van der Waals surface area contributed by atoms with Gasteiger partial charge in [0.2, 0.25) is 11.8 Å². The molecule has 21 heavy (non-hydrogen) atoms. The van der Waals surface area contributed by atoms with Crippen molar-refractivity contribution >= 4 is 11.8 Å². The Morgan fingerprint density at radius 3 is 2.33 bits per heavy atom. The molecule has 2 rings (SSSR count). The van der Waals surface area contributed by atoms with Crippen LogP contribution in [0, 0.1) is 5.41 Å². The van der Waals surface area contributed by atoms with Crippen LogP contribution in [-0.4, -0.2) is 42.4 Å². The van der Waals surface area contributed by atoms with Crippen LogP contribution < -0.4 is 11.1 Å². The maximum Gasteiger partial charge on any atom is 0.220 e. The fourth-order valence-corrected chi connectivity index (χ4v) is 3.71. The van der Waals surface area contributed by atoms with Crippen molar-refractivity contribution in [3.8, 4) is 0 Å². The fraction of sp³-hybridized carbons (Fsp3) is 0.875. The smallest absolute Gasteiger partial charge is 0.220 e. The molecule has 1 saturated heterocycles. The van der Waals surface area contributed by atoms with Gasteiger partial charge >= 0.3 is 0 Å². The van der Waals surface area contributed by atoms with Gasteiger partial charge in [-0.2, -0.15) is 0 Å². The zero-order valence-corrected chi connectivity index (χ0v) is 13.2. The summed E-state index contributed by atoms with van der Waals surface area (Å²) < 4.78 is 0. The van der Waals surface area contributed by atoms with E-state index >= 15 is 0 Å². The molecule has 5 nitrogen and oxygen atoms in total. The van der Waals surface area contributed by atoms with Gasteiger partial charge in [0.1, 0.15) is 0 Å². The van der Waals surface area contributed by atoms with E-state index < -0.39 is 0 Å². The number of rotatable bonds is 4. The lowest BCUT2D eigenvalue weighted by molar-refractivity contribution is -0.130. The minimum atomic E-state index is 0.0302. The molecule has 0 bridgehead atoms. The van der Waals surface area contributed by atoms with Crippen molar-refractivity contribution in [3.63, 3.8) is 0 Å². The Bertz CT molecular complexity index is 370. The third-order valence-corrected chi connectivity index (χ3v) is 5.19. The zero-order chi connectivity index (χ0) is 15.3. The first-order chi connectivity index (χ1) is 10.0. The molecule has 2 aliphatic rings. The molecule has 0 atom stereocenters. The summed E-state index contributed by atoms with van der Waals surface area (Å²) in [6.07, 6.45) is 8.12. The molecule has 0 unspecified atom stereocenters. The molecule has 0 aromatic rings. The summed E-state index contributed by atoms with van der Waals surface area (Å²) in [6, 6.07) is 0.214. The molecule has 2 fully saturated rings. The van der Waals surface area contributed by atoms with Crippen molar-refractivity contribution in [2.75, 3.05) is 19.6 Å². The largest absolute Gasteiger partial charge is 0.353 e. The normalized spacial score (nSPS) is 22.9. The van der Waals surface area contributed by atoms with Crippen molar-refractivity contribution in [2.45, 2.75) is 64.3 Å². The van der Waals surface area contributed by atoms with E-state index in [2.05, 4.69) is 5.32 Å². The van der Waals surface area contributed by atoms with Crippen LogP contribution >= 0.6 is 0 Å². The lowest BCUT2D eigenvalue weighted by Crippen LogP contribution is -2.47. The van der Waals surface area contributed by atoms with Crippen LogP contribution in [0.1, 0.15) is 58.3 Å². The van der Waals surface area contributed by atoms with Crippen molar-refractivity contribution < 1.29 is 9.59 Å². The molecule has 0 radical (unpaired) electrons. The number of nitrogens with zero attached hydrogens (tertiary/aromatic N) is 1. The number of nitrogens with two attached hydrogens (primary N) is 1. The molecule has 1 aliphatic carbocycles. The van der Waals surface area contributed by atoms with Gasteiger partial charge in [-0.25, -0.2) is 0 Å². The van der Waals surface area contributed by atoms with Gasteiger partial charge in [0.15, 0.2) is 0 Å². The maximum atomic E-state index is 12.3. The van der Waals surface area contributed by atoms with Crippen LogP contribution in [0.3, 0.4) is 0 Å². The fourth-order valence-electron chi connectivity index (χ4n) is 3.71. The van der Waals surface area contributed by atoms with Crippen molar-refractivity contribution in [1.29, 1.82) is 0 Å². The topological polar surface area (TPSA) is 75.4 Å². The average Bonchev–Trinajstić information content (AvgIpc) is 2.48. The molecule has 5 heteroatoms. The standard InChI is InChI=1S/C16H29N3O2/c1-13(20)19-9-5-14(6-10-19)18-15(21)11-16(12-17)7-3-2-4-8-16/h14H,2-12,17H2,1H3,(H,18,21). The van der Waals surface area contributed by atoms with Crippen molar-refractivity contribution in [3.05, 3.63) is 0 Å². The van der Waals surface area contributed by atoms with Gasteiger partial charge in [0.05, 0.1) is 0 Å². The van der Waals surface area contributed by atoms with E-state index in [1.165, 1.54) is 19.3 Å². The van der Waals surface area contributed by atoms with Crippen LogP contribution in [0.5, 0.6) is 0 Å². The number of carbonyl (C=O) groups is 2. The van der Waals surface area contributed by atoms with Crippen molar-refractivity contribution in [2.24, 2.45) is 11.1 Å². The van der Waals surface area contributed by atoms with Crippen LogP contribution in [0.25, 0.3) is 0 Å². The van der Waals surface area contributed by atoms with Crippen LogP contribution in [0.15, 0.2) is 0 Å². The lowest BCUT2D eigenvalue weighted by atomic mass is 9.71. The van der Waals surface area contributed by atoms with E-state index in [1.54, 1.807) is 6.92 Å². The third kappa shape index (κ3) is 4.43. The SMILES string of the molecule is CC(=O)N1CCC(NC(=O)CC2(CN)CCCCC2)CC1. The van der Waals surface area contributed by atoms with Gasteiger partial charge in [-0.05, 0) is 37.6 Å². The molecular formula is C16H29N3O2. The highest BCUT2D eigenvalue weighted by molar-refractivity contribution is 5.77. The summed E-state index contributed by atoms with van der Waals surface area (Å²) in [5.41, 5.74) is 5.98. The second kappa shape index (κ2) is 7.25. The first kappa shape index (κ1) is 16.3. The van der Waals surface area contributed by atoms with E-state index in [-0.39, 0.29) is 23.3 Å². The summed E-state index contributed by atoms with van der Waals surface area (Å²) >= 11 is 0. The molecule has 2 amide bonds. The first-order valence-corrected chi connectivity index (χ1v) is 8.30. The number of hydrogen-bond acceptors (Lipinski definition) is 3. The van der Waals surface area contributed by atoms with Crippen molar-refractivity contribution in [1.82, 2.24) is 10.2 Å². The molecular weight excluding hydrogens is 266 g/mol. The Balaban J connectivity index is 1.78. The number of piperidine rings is 1. The van der Waals surface area contributed by atoms with Gasteiger partial charge in [-0.3, -0.25) is 9.59 Å². The molecule has 120 valence electrons. The number of nitrogens with one attached hydrogen (secondary N) is 1. The highest BCUT2D eigenvalue weighted by Gasteiger charge is 2.33. The van der Waals surface area contributed by atoms with Crippen LogP contribution in [0.4, 0.5) is 0 Å². The van der Waals surface area contributed by atoms with Crippen LogP contribution in [0.2, 0.25) is 0 Å². The Morgan fingerprint density at radius 1 is 1.19 bits per heavy atom. The van der Waals surface area contributed by atoms with E-state index in [1.807, 2.05) is 4.90 Å². The Kier molecular flexibility index (Phi) is 5.62. The van der Waals surface area contributed by atoms with Crippen LogP contribution in [-0.2, 0) is 9.59 Å². The molecule has 1 saturated carbocycles. The molecule has 1 aliphatic heterocycles.